The minimum Gasteiger partial charge on any atom is -0.393 e. The lowest BCUT2D eigenvalue weighted by Crippen LogP contribution is -2.27. The lowest BCUT2D eigenvalue weighted by Gasteiger charge is -2.11. The number of hydrogen-bond donors (Lipinski definition) is 0. The van der Waals surface area contributed by atoms with Gasteiger partial charge in [-0.15, -0.1) is 0 Å². The molecule has 0 aromatic rings. The first-order valence-corrected chi connectivity index (χ1v) is 4.50. The normalized spacial score (nSPS) is 35.7. The maximum Gasteiger partial charge on any atom is 0.318 e. The van der Waals surface area contributed by atoms with Crippen LogP contribution in [0.3, 0.4) is 0 Å². The zero-order valence-corrected chi connectivity index (χ0v) is 7.89. The molecule has 0 spiro atoms. The van der Waals surface area contributed by atoms with Gasteiger partial charge in [-0.1, -0.05) is 6.92 Å². The van der Waals surface area contributed by atoms with E-state index in [0.29, 0.717) is 0 Å². The average Bonchev–Trinajstić information content (AvgIpc) is 2.56. The van der Waals surface area contributed by atoms with Crippen LogP contribution in [-0.4, -0.2) is 23.9 Å². The van der Waals surface area contributed by atoms with Crippen molar-refractivity contribution >= 4 is 23.9 Å². The van der Waals surface area contributed by atoms with E-state index in [2.05, 4.69) is 9.47 Å². The molecule has 0 aromatic heterocycles. The topological polar surface area (TPSA) is 86.7 Å². The lowest BCUT2D eigenvalue weighted by atomic mass is 9.83. The molecular weight excluding hydrogens is 204 g/mol. The van der Waals surface area contributed by atoms with Crippen molar-refractivity contribution in [1.82, 2.24) is 0 Å². The molecule has 80 valence electrons. The number of hydrogen-bond acceptors (Lipinski definition) is 6. The van der Waals surface area contributed by atoms with Gasteiger partial charge in [-0.2, -0.15) is 0 Å². The molecule has 15 heavy (non-hydrogen) atoms. The minimum atomic E-state index is -0.878. The van der Waals surface area contributed by atoms with E-state index in [-0.39, 0.29) is 6.42 Å². The molecule has 0 radical (unpaired) electrons. The van der Waals surface area contributed by atoms with Gasteiger partial charge in [-0.05, 0) is 0 Å². The summed E-state index contributed by atoms with van der Waals surface area (Å²) in [7, 11) is 0. The van der Waals surface area contributed by atoms with E-state index in [1.54, 1.807) is 0 Å². The van der Waals surface area contributed by atoms with Crippen molar-refractivity contribution < 1.29 is 28.7 Å². The molecule has 2 rings (SSSR count). The van der Waals surface area contributed by atoms with Crippen LogP contribution in [0.5, 0.6) is 0 Å². The first-order valence-electron chi connectivity index (χ1n) is 4.50. The van der Waals surface area contributed by atoms with Crippen molar-refractivity contribution in [3.05, 3.63) is 0 Å². The van der Waals surface area contributed by atoms with Crippen LogP contribution in [-0.2, 0) is 28.7 Å². The van der Waals surface area contributed by atoms with E-state index in [1.165, 1.54) is 6.92 Å². The molecule has 0 N–H and O–H groups in total. The van der Waals surface area contributed by atoms with Gasteiger partial charge < -0.3 is 9.47 Å². The van der Waals surface area contributed by atoms with E-state index >= 15 is 0 Å². The summed E-state index contributed by atoms with van der Waals surface area (Å²) in [4.78, 5) is 44.4. The number of carbonyl (C=O) groups is 4. The molecule has 3 atom stereocenters. The van der Waals surface area contributed by atoms with Gasteiger partial charge in [0.25, 0.3) is 0 Å². The Morgan fingerprint density at radius 2 is 1.67 bits per heavy atom. The predicted octanol–water partition coefficient (Wildman–Crippen LogP) is -0.588. The molecule has 2 aliphatic heterocycles. The SMILES string of the molecule is CC1C(=O)OC(=O)C1C1CC(=O)OC1=O. The molecule has 2 saturated heterocycles. The highest BCUT2D eigenvalue weighted by Gasteiger charge is 2.52. The van der Waals surface area contributed by atoms with E-state index in [9.17, 15) is 19.2 Å². The predicted molar refractivity (Wildman–Crippen MR) is 43.0 cm³/mol. The van der Waals surface area contributed by atoms with Crippen LogP contribution in [0, 0.1) is 17.8 Å². The molecule has 2 fully saturated rings. The van der Waals surface area contributed by atoms with E-state index in [0.717, 1.165) is 0 Å². The Labute approximate surface area is 84.5 Å². The molecule has 6 nitrogen and oxygen atoms in total. The van der Waals surface area contributed by atoms with E-state index < -0.39 is 41.6 Å². The zero-order valence-electron chi connectivity index (χ0n) is 7.89. The van der Waals surface area contributed by atoms with Crippen LogP contribution in [0.1, 0.15) is 13.3 Å². The second-order valence-electron chi connectivity index (χ2n) is 3.66. The molecule has 0 saturated carbocycles. The monoisotopic (exact) mass is 212 g/mol. The summed E-state index contributed by atoms with van der Waals surface area (Å²) in [5.41, 5.74) is 0. The van der Waals surface area contributed by atoms with Crippen molar-refractivity contribution in [1.29, 1.82) is 0 Å². The first-order chi connectivity index (χ1) is 7.00. The Morgan fingerprint density at radius 1 is 1.00 bits per heavy atom. The summed E-state index contributed by atoms with van der Waals surface area (Å²) in [6, 6.07) is 0. The summed E-state index contributed by atoms with van der Waals surface area (Å²) in [5.74, 6) is -5.25. The van der Waals surface area contributed by atoms with Crippen LogP contribution in [0.4, 0.5) is 0 Å². The van der Waals surface area contributed by atoms with Gasteiger partial charge in [0, 0.05) is 0 Å². The van der Waals surface area contributed by atoms with Gasteiger partial charge in [-0.25, -0.2) is 0 Å². The molecule has 0 aromatic carbocycles. The number of rotatable bonds is 1. The van der Waals surface area contributed by atoms with Crippen molar-refractivity contribution in [3.8, 4) is 0 Å². The van der Waals surface area contributed by atoms with Gasteiger partial charge >= 0.3 is 23.9 Å². The number of esters is 4. The fraction of sp³-hybridized carbons (Fsp3) is 0.556. The zero-order chi connectivity index (χ0) is 11.2. The fourth-order valence-corrected chi connectivity index (χ4v) is 1.89. The molecular formula is C9H8O6. The highest BCUT2D eigenvalue weighted by atomic mass is 16.6. The van der Waals surface area contributed by atoms with Crippen LogP contribution in [0.2, 0.25) is 0 Å². The third-order valence-corrected chi connectivity index (χ3v) is 2.72. The average molecular weight is 212 g/mol. The van der Waals surface area contributed by atoms with Gasteiger partial charge in [-0.3, -0.25) is 19.2 Å². The van der Waals surface area contributed by atoms with Gasteiger partial charge in [0.1, 0.15) is 0 Å². The molecule has 2 heterocycles. The maximum atomic E-state index is 11.3. The Balaban J connectivity index is 2.24. The third kappa shape index (κ3) is 1.42. The van der Waals surface area contributed by atoms with Gasteiger partial charge in [0.2, 0.25) is 0 Å². The summed E-state index contributed by atoms with van der Waals surface area (Å²) >= 11 is 0. The molecule has 0 bridgehead atoms. The number of carbonyl (C=O) groups excluding carboxylic acids is 4. The smallest absolute Gasteiger partial charge is 0.318 e. The second kappa shape index (κ2) is 3.15. The largest absolute Gasteiger partial charge is 0.393 e. The Bertz CT molecular complexity index is 371. The highest BCUT2D eigenvalue weighted by molar-refractivity contribution is 6.02. The van der Waals surface area contributed by atoms with Gasteiger partial charge in [0.15, 0.2) is 0 Å². The van der Waals surface area contributed by atoms with Crippen molar-refractivity contribution in [3.63, 3.8) is 0 Å². The fourth-order valence-electron chi connectivity index (χ4n) is 1.89. The maximum absolute atomic E-state index is 11.3. The van der Waals surface area contributed by atoms with Crippen LogP contribution in [0.15, 0.2) is 0 Å². The number of ether oxygens (including phenoxy) is 2. The quantitative estimate of drug-likeness (QED) is 0.426. The Hall–Kier alpha value is -1.72. The second-order valence-corrected chi connectivity index (χ2v) is 3.66. The highest BCUT2D eigenvalue weighted by Crippen LogP contribution is 2.35. The van der Waals surface area contributed by atoms with Crippen molar-refractivity contribution in [2.45, 2.75) is 13.3 Å². The molecule has 3 unspecified atom stereocenters. The molecule has 0 amide bonds. The van der Waals surface area contributed by atoms with Crippen molar-refractivity contribution in [2.24, 2.45) is 17.8 Å². The first kappa shape index (κ1) is 9.82. The molecule has 0 aliphatic carbocycles. The van der Waals surface area contributed by atoms with Crippen LogP contribution >= 0.6 is 0 Å². The van der Waals surface area contributed by atoms with E-state index in [4.69, 9.17) is 0 Å². The third-order valence-electron chi connectivity index (χ3n) is 2.72. The van der Waals surface area contributed by atoms with Gasteiger partial charge in [0.05, 0.1) is 24.2 Å². The summed E-state index contributed by atoms with van der Waals surface area (Å²) in [6.45, 7) is 1.49. The van der Waals surface area contributed by atoms with E-state index in [1.807, 2.05) is 0 Å². The Kier molecular flexibility index (Phi) is 2.06. The van der Waals surface area contributed by atoms with Crippen molar-refractivity contribution in [2.75, 3.05) is 0 Å². The Morgan fingerprint density at radius 3 is 2.07 bits per heavy atom. The molecule has 6 heteroatoms. The van der Waals surface area contributed by atoms with Crippen LogP contribution in [0.25, 0.3) is 0 Å². The molecule has 2 aliphatic rings. The standard InChI is InChI=1S/C9H8O6/c1-3-6(9(13)15-7(3)11)4-2-5(10)14-8(4)12/h3-4,6H,2H2,1H3. The summed E-state index contributed by atoms with van der Waals surface area (Å²) in [5, 5.41) is 0. The minimum absolute atomic E-state index is 0.157. The van der Waals surface area contributed by atoms with Crippen LogP contribution < -0.4 is 0 Å². The summed E-state index contributed by atoms with van der Waals surface area (Å²) in [6.07, 6.45) is -0.157. The lowest BCUT2D eigenvalue weighted by molar-refractivity contribution is -0.158. The summed E-state index contributed by atoms with van der Waals surface area (Å²) < 4.78 is 8.71. The number of cyclic esters (lactones) is 4.